The SMILES string of the molecule is COc1cccc(CNC(Cc2ccccc2)C(O)CNC(=O)CCS(=O)(=O)c2ccc(F)cc2)c1. The number of amides is 1. The van der Waals surface area contributed by atoms with Crippen molar-refractivity contribution in [2.45, 2.75) is 36.4 Å². The second-order valence-corrected chi connectivity index (χ2v) is 10.5. The quantitative estimate of drug-likeness (QED) is 0.303. The Bertz CT molecular complexity index is 1220. The zero-order valence-electron chi connectivity index (χ0n) is 20.1. The number of aliphatic hydroxyl groups is 1. The van der Waals surface area contributed by atoms with Crippen LogP contribution in [0.4, 0.5) is 4.39 Å². The molecule has 2 unspecified atom stereocenters. The second-order valence-electron chi connectivity index (χ2n) is 8.42. The van der Waals surface area contributed by atoms with Crippen molar-refractivity contribution in [3.8, 4) is 5.75 Å². The molecular formula is C27H31FN2O5S. The number of ether oxygens (including phenoxy) is 1. The molecule has 0 aliphatic rings. The topological polar surface area (TPSA) is 105 Å². The lowest BCUT2D eigenvalue weighted by Crippen LogP contribution is -2.47. The summed E-state index contributed by atoms with van der Waals surface area (Å²) in [7, 11) is -2.13. The van der Waals surface area contributed by atoms with Gasteiger partial charge < -0.3 is 20.5 Å². The Morgan fingerprint density at radius 1 is 1.00 bits per heavy atom. The molecule has 0 heterocycles. The maximum Gasteiger partial charge on any atom is 0.221 e. The highest BCUT2D eigenvalue weighted by Crippen LogP contribution is 2.15. The van der Waals surface area contributed by atoms with Crippen LogP contribution in [0.1, 0.15) is 17.5 Å². The van der Waals surface area contributed by atoms with Crippen molar-refractivity contribution in [2.75, 3.05) is 19.4 Å². The summed E-state index contributed by atoms with van der Waals surface area (Å²) >= 11 is 0. The number of rotatable bonds is 13. The van der Waals surface area contributed by atoms with Crippen LogP contribution in [0.2, 0.25) is 0 Å². The van der Waals surface area contributed by atoms with E-state index >= 15 is 0 Å². The van der Waals surface area contributed by atoms with Crippen molar-refractivity contribution in [3.63, 3.8) is 0 Å². The molecule has 0 saturated carbocycles. The standard InChI is InChI=1S/C27H31FN2O5S/c1-35-23-9-5-8-21(16-23)18-29-25(17-20-6-3-2-4-7-20)26(31)19-30-27(32)14-15-36(33,34)24-12-10-22(28)11-13-24/h2-13,16,25-26,29,31H,14-15,17-19H2,1H3,(H,30,32). The molecule has 3 rings (SSSR count). The first-order valence-corrected chi connectivity index (χ1v) is 13.3. The second kappa shape index (κ2) is 13.2. The van der Waals surface area contributed by atoms with Crippen LogP contribution in [0.5, 0.6) is 5.75 Å². The third-order valence-corrected chi connectivity index (χ3v) is 7.48. The van der Waals surface area contributed by atoms with Crippen LogP contribution < -0.4 is 15.4 Å². The van der Waals surface area contributed by atoms with Crippen molar-refractivity contribution < 1.29 is 27.4 Å². The van der Waals surface area contributed by atoms with E-state index in [2.05, 4.69) is 10.6 Å². The Kier molecular flexibility index (Phi) is 9.98. The van der Waals surface area contributed by atoms with E-state index in [-0.39, 0.29) is 23.9 Å². The minimum absolute atomic E-state index is 0.0404. The molecule has 1 amide bonds. The molecule has 0 radical (unpaired) electrons. The number of aliphatic hydroxyl groups excluding tert-OH is 1. The largest absolute Gasteiger partial charge is 0.497 e. The summed E-state index contributed by atoms with van der Waals surface area (Å²) in [6.07, 6.45) is -0.665. The maximum absolute atomic E-state index is 13.1. The normalized spacial score (nSPS) is 13.1. The number of carbonyl (C=O) groups excluding carboxylic acids is 1. The van der Waals surface area contributed by atoms with Crippen LogP contribution >= 0.6 is 0 Å². The average Bonchev–Trinajstić information content (AvgIpc) is 2.89. The van der Waals surface area contributed by atoms with E-state index in [9.17, 15) is 22.7 Å². The van der Waals surface area contributed by atoms with Gasteiger partial charge >= 0.3 is 0 Å². The lowest BCUT2D eigenvalue weighted by Gasteiger charge is -2.25. The third kappa shape index (κ3) is 8.44. The number of hydrogen-bond acceptors (Lipinski definition) is 6. The Balaban J connectivity index is 1.56. The summed E-state index contributed by atoms with van der Waals surface area (Å²) in [6, 6.07) is 21.4. The van der Waals surface area contributed by atoms with Crippen molar-refractivity contribution in [1.29, 1.82) is 0 Å². The Labute approximate surface area is 211 Å². The predicted octanol–water partition coefficient (Wildman–Crippen LogP) is 2.88. The molecule has 0 bridgehead atoms. The highest BCUT2D eigenvalue weighted by molar-refractivity contribution is 7.91. The van der Waals surface area contributed by atoms with Gasteiger partial charge in [0.1, 0.15) is 11.6 Å². The van der Waals surface area contributed by atoms with Crippen LogP contribution in [-0.4, -0.2) is 51.0 Å². The smallest absolute Gasteiger partial charge is 0.221 e. The van der Waals surface area contributed by atoms with E-state index in [0.717, 1.165) is 29.0 Å². The first kappa shape index (κ1) is 27.3. The molecule has 3 aromatic rings. The predicted molar refractivity (Wildman–Crippen MR) is 136 cm³/mol. The van der Waals surface area contributed by atoms with Crippen LogP contribution in [0.25, 0.3) is 0 Å². The summed E-state index contributed by atoms with van der Waals surface area (Å²) < 4.78 is 43.1. The molecule has 0 aliphatic carbocycles. The van der Waals surface area contributed by atoms with Gasteiger partial charge in [0.25, 0.3) is 0 Å². The van der Waals surface area contributed by atoms with Crippen molar-refractivity contribution >= 4 is 15.7 Å². The molecule has 9 heteroatoms. The van der Waals surface area contributed by atoms with Gasteiger partial charge in [-0.05, 0) is 53.9 Å². The van der Waals surface area contributed by atoms with E-state index < -0.39 is 33.4 Å². The minimum Gasteiger partial charge on any atom is -0.497 e. The van der Waals surface area contributed by atoms with Crippen molar-refractivity contribution in [2.24, 2.45) is 0 Å². The fourth-order valence-electron chi connectivity index (χ4n) is 3.68. The molecule has 192 valence electrons. The fourth-order valence-corrected chi connectivity index (χ4v) is 4.92. The van der Waals surface area contributed by atoms with E-state index in [1.54, 1.807) is 7.11 Å². The monoisotopic (exact) mass is 514 g/mol. The number of sulfone groups is 1. The first-order valence-electron chi connectivity index (χ1n) is 11.6. The van der Waals surface area contributed by atoms with Crippen molar-refractivity contribution in [3.05, 3.63) is 95.8 Å². The zero-order chi connectivity index (χ0) is 26.0. The maximum atomic E-state index is 13.1. The van der Waals surface area contributed by atoms with E-state index in [1.165, 1.54) is 12.1 Å². The van der Waals surface area contributed by atoms with E-state index in [0.29, 0.717) is 13.0 Å². The highest BCUT2D eigenvalue weighted by atomic mass is 32.2. The molecular weight excluding hydrogens is 483 g/mol. The number of methoxy groups -OCH3 is 1. The number of carbonyl (C=O) groups is 1. The number of halogens is 1. The number of hydrogen-bond donors (Lipinski definition) is 3. The van der Waals surface area contributed by atoms with Crippen LogP contribution in [0, 0.1) is 5.82 Å². The van der Waals surface area contributed by atoms with Gasteiger partial charge in [-0.3, -0.25) is 4.79 Å². The van der Waals surface area contributed by atoms with Gasteiger partial charge in [0.05, 0.1) is 23.9 Å². The molecule has 0 fully saturated rings. The zero-order valence-corrected chi connectivity index (χ0v) is 20.9. The summed E-state index contributed by atoms with van der Waals surface area (Å²) in [6.45, 7) is 0.438. The molecule has 2 atom stereocenters. The third-order valence-electron chi connectivity index (χ3n) is 5.74. The summed E-state index contributed by atoms with van der Waals surface area (Å²) in [4.78, 5) is 12.3. The Hall–Kier alpha value is -3.27. The van der Waals surface area contributed by atoms with Gasteiger partial charge in [0.2, 0.25) is 5.91 Å². The van der Waals surface area contributed by atoms with Gasteiger partial charge in [-0.15, -0.1) is 0 Å². The van der Waals surface area contributed by atoms with E-state index in [1.807, 2.05) is 54.6 Å². The number of benzene rings is 3. The lowest BCUT2D eigenvalue weighted by atomic mass is 10.0. The first-order chi connectivity index (χ1) is 17.3. The van der Waals surface area contributed by atoms with Gasteiger partial charge in [-0.1, -0.05) is 42.5 Å². The summed E-state index contributed by atoms with van der Waals surface area (Å²) in [5.74, 6) is -0.712. The molecule has 0 saturated heterocycles. The average molecular weight is 515 g/mol. The van der Waals surface area contributed by atoms with Crippen molar-refractivity contribution in [1.82, 2.24) is 10.6 Å². The van der Waals surface area contributed by atoms with Gasteiger partial charge in [0, 0.05) is 25.6 Å². The molecule has 7 nitrogen and oxygen atoms in total. The molecule has 0 aromatic heterocycles. The molecule has 36 heavy (non-hydrogen) atoms. The fraction of sp³-hybridized carbons (Fsp3) is 0.296. The molecule has 0 aliphatic heterocycles. The van der Waals surface area contributed by atoms with Gasteiger partial charge in [0.15, 0.2) is 9.84 Å². The minimum atomic E-state index is -3.73. The van der Waals surface area contributed by atoms with Crippen LogP contribution in [-0.2, 0) is 27.6 Å². The summed E-state index contributed by atoms with van der Waals surface area (Å²) in [5, 5.41) is 16.9. The van der Waals surface area contributed by atoms with Gasteiger partial charge in [-0.25, -0.2) is 12.8 Å². The summed E-state index contributed by atoms with van der Waals surface area (Å²) in [5.41, 5.74) is 2.01. The number of nitrogens with one attached hydrogen (secondary N) is 2. The lowest BCUT2D eigenvalue weighted by molar-refractivity contribution is -0.121. The van der Waals surface area contributed by atoms with Crippen LogP contribution in [0.15, 0.2) is 83.8 Å². The van der Waals surface area contributed by atoms with Crippen LogP contribution in [0.3, 0.4) is 0 Å². The van der Waals surface area contributed by atoms with Gasteiger partial charge in [-0.2, -0.15) is 0 Å². The highest BCUT2D eigenvalue weighted by Gasteiger charge is 2.21. The molecule has 3 aromatic carbocycles. The van der Waals surface area contributed by atoms with E-state index in [4.69, 9.17) is 4.74 Å². The Morgan fingerprint density at radius 2 is 1.69 bits per heavy atom. The molecule has 0 spiro atoms. The Morgan fingerprint density at radius 3 is 2.39 bits per heavy atom. The molecule has 3 N–H and O–H groups in total.